The first-order valence-electron chi connectivity index (χ1n) is 7.14. The first kappa shape index (κ1) is 13.8. The van der Waals surface area contributed by atoms with Crippen LogP contribution in [0, 0.1) is 0 Å². The van der Waals surface area contributed by atoms with Gasteiger partial charge >= 0.3 is 0 Å². The second kappa shape index (κ2) is 6.05. The van der Waals surface area contributed by atoms with Gasteiger partial charge in [-0.25, -0.2) is 4.98 Å². The molecule has 0 unspecified atom stereocenters. The zero-order valence-corrected chi connectivity index (χ0v) is 12.6. The minimum Gasteiger partial charge on any atom is -0.377 e. The van der Waals surface area contributed by atoms with Crippen LogP contribution in [-0.4, -0.2) is 53.0 Å². The molecule has 2 aliphatic heterocycles. The first-order valence-corrected chi connectivity index (χ1v) is 7.91. The fraction of sp³-hybridized carbons (Fsp3) is 0.769. The van der Waals surface area contributed by atoms with Crippen molar-refractivity contribution in [2.24, 2.45) is 0 Å². The normalized spacial score (nSPS) is 20.9. The molecule has 1 aromatic rings. The van der Waals surface area contributed by atoms with Gasteiger partial charge in [0.25, 0.3) is 0 Å². The van der Waals surface area contributed by atoms with Gasteiger partial charge in [-0.15, -0.1) is 0 Å². The van der Waals surface area contributed by atoms with E-state index >= 15 is 0 Å². The Morgan fingerprint density at radius 2 is 2.15 bits per heavy atom. The number of aromatic nitrogens is 2. The molecule has 2 fully saturated rings. The van der Waals surface area contributed by atoms with Gasteiger partial charge in [-0.3, -0.25) is 4.79 Å². The molecule has 0 saturated carbocycles. The van der Waals surface area contributed by atoms with Crippen molar-refractivity contribution < 1.29 is 9.53 Å². The van der Waals surface area contributed by atoms with Crippen LogP contribution < -0.4 is 4.90 Å². The summed E-state index contributed by atoms with van der Waals surface area (Å²) in [5.41, 5.74) is 0. The van der Waals surface area contributed by atoms with Gasteiger partial charge in [0.2, 0.25) is 11.0 Å². The third kappa shape index (κ3) is 2.78. The van der Waals surface area contributed by atoms with Crippen LogP contribution in [0.1, 0.15) is 31.5 Å². The van der Waals surface area contributed by atoms with E-state index in [1.54, 1.807) is 7.11 Å². The van der Waals surface area contributed by atoms with E-state index < -0.39 is 0 Å². The molecule has 0 atom stereocenters. The van der Waals surface area contributed by atoms with Crippen molar-refractivity contribution >= 4 is 22.6 Å². The average molecular weight is 296 g/mol. The Labute approximate surface area is 122 Å². The van der Waals surface area contributed by atoms with Crippen LogP contribution >= 0.6 is 11.5 Å². The number of rotatable bonds is 4. The third-order valence-electron chi connectivity index (χ3n) is 4.02. The summed E-state index contributed by atoms with van der Waals surface area (Å²) in [5, 5.41) is 0.975. The molecule has 3 rings (SSSR count). The Bertz CT molecular complexity index is 471. The predicted octanol–water partition coefficient (Wildman–Crippen LogP) is 1.28. The van der Waals surface area contributed by atoms with Crippen molar-refractivity contribution in [1.29, 1.82) is 0 Å². The van der Waals surface area contributed by atoms with Crippen LogP contribution in [0.25, 0.3) is 0 Å². The SMILES string of the molecule is COCc1nsc(N2CCC(N3CCCC3=O)CC2)n1. The van der Waals surface area contributed by atoms with Crippen molar-refractivity contribution in [3.05, 3.63) is 5.82 Å². The van der Waals surface area contributed by atoms with E-state index in [0.717, 1.165) is 56.3 Å². The van der Waals surface area contributed by atoms with Gasteiger partial charge in [0.1, 0.15) is 6.61 Å². The van der Waals surface area contributed by atoms with E-state index in [-0.39, 0.29) is 0 Å². The lowest BCUT2D eigenvalue weighted by Crippen LogP contribution is -2.45. The smallest absolute Gasteiger partial charge is 0.222 e. The van der Waals surface area contributed by atoms with E-state index in [4.69, 9.17) is 4.74 Å². The summed E-state index contributed by atoms with van der Waals surface area (Å²) in [6.45, 7) is 3.32. The third-order valence-corrected chi connectivity index (χ3v) is 4.83. The molecule has 20 heavy (non-hydrogen) atoms. The molecule has 2 aliphatic rings. The standard InChI is InChI=1S/C13H20N4O2S/c1-19-9-11-14-13(20-15-11)16-7-4-10(5-8-16)17-6-2-3-12(17)18/h10H,2-9H2,1H3. The minimum absolute atomic E-state index is 0.335. The Balaban J connectivity index is 1.56. The number of methoxy groups -OCH3 is 1. The second-order valence-electron chi connectivity index (χ2n) is 5.34. The zero-order valence-electron chi connectivity index (χ0n) is 11.7. The van der Waals surface area contributed by atoms with Gasteiger partial charge in [0.05, 0.1) is 0 Å². The molecule has 1 amide bonds. The lowest BCUT2D eigenvalue weighted by Gasteiger charge is -2.36. The molecule has 0 N–H and O–H groups in total. The lowest BCUT2D eigenvalue weighted by molar-refractivity contribution is -0.130. The topological polar surface area (TPSA) is 58.6 Å². The molecule has 0 spiro atoms. The van der Waals surface area contributed by atoms with Gasteiger partial charge in [0.15, 0.2) is 5.82 Å². The van der Waals surface area contributed by atoms with Crippen LogP contribution in [0.15, 0.2) is 0 Å². The van der Waals surface area contributed by atoms with Crippen LogP contribution in [0.5, 0.6) is 0 Å². The van der Waals surface area contributed by atoms with Crippen molar-refractivity contribution in [2.75, 3.05) is 31.6 Å². The van der Waals surface area contributed by atoms with E-state index in [2.05, 4.69) is 19.2 Å². The molecule has 0 aromatic carbocycles. The van der Waals surface area contributed by atoms with Gasteiger partial charge in [-0.2, -0.15) is 4.37 Å². The maximum Gasteiger partial charge on any atom is 0.222 e. The summed E-state index contributed by atoms with van der Waals surface area (Å²) in [7, 11) is 1.65. The largest absolute Gasteiger partial charge is 0.377 e. The second-order valence-corrected chi connectivity index (χ2v) is 6.07. The van der Waals surface area contributed by atoms with E-state index in [1.807, 2.05) is 0 Å². The van der Waals surface area contributed by atoms with E-state index in [1.165, 1.54) is 11.5 Å². The number of carbonyl (C=O) groups excluding carboxylic acids is 1. The highest BCUT2D eigenvalue weighted by molar-refractivity contribution is 7.09. The zero-order chi connectivity index (χ0) is 13.9. The first-order chi connectivity index (χ1) is 9.78. The highest BCUT2D eigenvalue weighted by Gasteiger charge is 2.31. The summed E-state index contributed by atoms with van der Waals surface area (Å²) in [4.78, 5) is 20.6. The maximum atomic E-state index is 11.8. The predicted molar refractivity (Wildman–Crippen MR) is 76.8 cm³/mol. The number of carbonyl (C=O) groups is 1. The number of anilines is 1. The number of ether oxygens (including phenoxy) is 1. The monoisotopic (exact) mass is 296 g/mol. The Morgan fingerprint density at radius 1 is 1.35 bits per heavy atom. The summed E-state index contributed by atoms with van der Waals surface area (Å²) in [6, 6.07) is 0.424. The number of piperidine rings is 1. The molecule has 110 valence electrons. The Morgan fingerprint density at radius 3 is 2.80 bits per heavy atom. The van der Waals surface area contributed by atoms with Crippen molar-refractivity contribution in [3.63, 3.8) is 0 Å². The average Bonchev–Trinajstić information content (AvgIpc) is 3.09. The Hall–Kier alpha value is -1.21. The fourth-order valence-corrected chi connectivity index (χ4v) is 3.71. The van der Waals surface area contributed by atoms with E-state index in [0.29, 0.717) is 18.6 Å². The number of likely N-dealkylation sites (tertiary alicyclic amines) is 1. The van der Waals surface area contributed by atoms with Crippen LogP contribution in [0.4, 0.5) is 5.13 Å². The highest BCUT2D eigenvalue weighted by Crippen LogP contribution is 2.26. The number of nitrogens with zero attached hydrogens (tertiary/aromatic N) is 4. The minimum atomic E-state index is 0.335. The van der Waals surface area contributed by atoms with E-state index in [9.17, 15) is 4.79 Å². The van der Waals surface area contributed by atoms with Crippen molar-refractivity contribution in [3.8, 4) is 0 Å². The highest BCUT2D eigenvalue weighted by atomic mass is 32.1. The maximum absolute atomic E-state index is 11.8. The summed E-state index contributed by atoms with van der Waals surface area (Å²) in [5.74, 6) is 1.09. The molecular formula is C13H20N4O2S. The Kier molecular flexibility index (Phi) is 4.16. The molecule has 2 saturated heterocycles. The van der Waals surface area contributed by atoms with Crippen molar-refractivity contribution in [2.45, 2.75) is 38.3 Å². The van der Waals surface area contributed by atoms with Crippen LogP contribution in [-0.2, 0) is 16.1 Å². The van der Waals surface area contributed by atoms with Crippen LogP contribution in [0.2, 0.25) is 0 Å². The molecule has 0 aliphatic carbocycles. The van der Waals surface area contributed by atoms with Crippen molar-refractivity contribution in [1.82, 2.24) is 14.3 Å². The number of hydrogen-bond acceptors (Lipinski definition) is 6. The molecule has 0 bridgehead atoms. The summed E-state index contributed by atoms with van der Waals surface area (Å²) >= 11 is 1.43. The lowest BCUT2D eigenvalue weighted by atomic mass is 10.0. The summed E-state index contributed by atoms with van der Waals surface area (Å²) < 4.78 is 9.33. The van der Waals surface area contributed by atoms with Gasteiger partial charge in [0, 0.05) is 50.7 Å². The van der Waals surface area contributed by atoms with Gasteiger partial charge in [-0.1, -0.05) is 0 Å². The van der Waals surface area contributed by atoms with Gasteiger partial charge in [-0.05, 0) is 19.3 Å². The quantitative estimate of drug-likeness (QED) is 0.837. The molecule has 3 heterocycles. The number of amides is 1. The molecular weight excluding hydrogens is 276 g/mol. The molecule has 1 aromatic heterocycles. The van der Waals surface area contributed by atoms with Gasteiger partial charge < -0.3 is 14.5 Å². The molecule has 6 nitrogen and oxygen atoms in total. The van der Waals surface area contributed by atoms with Crippen LogP contribution in [0.3, 0.4) is 0 Å². The molecule has 0 radical (unpaired) electrons. The number of hydrogen-bond donors (Lipinski definition) is 0. The molecule has 7 heteroatoms. The fourth-order valence-electron chi connectivity index (χ4n) is 2.98. The summed E-state index contributed by atoms with van der Waals surface area (Å²) in [6.07, 6.45) is 3.82.